The normalized spacial score (nSPS) is 27.2. The molecule has 2 unspecified atom stereocenters. The first-order valence-corrected chi connectivity index (χ1v) is 7.74. The molecule has 0 aromatic carbocycles. The van der Waals surface area contributed by atoms with E-state index in [2.05, 4.69) is 17.1 Å². The average Bonchev–Trinajstić information content (AvgIpc) is 3.08. The minimum absolute atomic E-state index is 0.0891. The summed E-state index contributed by atoms with van der Waals surface area (Å²) in [5, 5.41) is 3.49. The van der Waals surface area contributed by atoms with Gasteiger partial charge in [-0.1, -0.05) is 0 Å². The first-order chi connectivity index (χ1) is 9.05. The molecule has 2 aliphatic rings. The number of rotatable bonds is 7. The molecule has 1 N–H and O–H groups in total. The Balaban J connectivity index is 1.90. The summed E-state index contributed by atoms with van der Waals surface area (Å²) >= 11 is 0. The summed E-state index contributed by atoms with van der Waals surface area (Å²) in [5.41, 5.74) is -0.514. The molecule has 1 aliphatic carbocycles. The van der Waals surface area contributed by atoms with Crippen LogP contribution in [0.3, 0.4) is 0 Å². The lowest BCUT2D eigenvalue weighted by atomic mass is 9.97. The second kappa shape index (κ2) is 6.23. The molecule has 0 amide bonds. The maximum absolute atomic E-state index is 12.2. The molecule has 1 heterocycles. The van der Waals surface area contributed by atoms with Crippen LogP contribution in [0.1, 0.15) is 52.9 Å². The fraction of sp³-hybridized carbons (Fsp3) is 0.933. The van der Waals surface area contributed by atoms with E-state index in [4.69, 9.17) is 4.74 Å². The molecule has 19 heavy (non-hydrogen) atoms. The number of hydrogen-bond acceptors (Lipinski definition) is 4. The third-order valence-corrected chi connectivity index (χ3v) is 4.42. The molecule has 4 heteroatoms. The highest BCUT2D eigenvalue weighted by Crippen LogP contribution is 2.26. The zero-order valence-corrected chi connectivity index (χ0v) is 12.6. The maximum atomic E-state index is 12.2. The van der Waals surface area contributed by atoms with Crippen LogP contribution < -0.4 is 5.32 Å². The van der Waals surface area contributed by atoms with Crippen LogP contribution in [0.5, 0.6) is 0 Å². The zero-order valence-electron chi connectivity index (χ0n) is 12.6. The number of carbonyl (C=O) groups is 1. The third-order valence-electron chi connectivity index (χ3n) is 4.42. The second-order valence-corrected chi connectivity index (χ2v) is 6.25. The average molecular weight is 268 g/mol. The largest absolute Gasteiger partial charge is 0.465 e. The highest BCUT2D eigenvalue weighted by atomic mass is 16.5. The molecule has 0 aromatic rings. The molecule has 0 aromatic heterocycles. The van der Waals surface area contributed by atoms with Crippen molar-refractivity contribution in [3.63, 3.8) is 0 Å². The van der Waals surface area contributed by atoms with E-state index in [0.29, 0.717) is 18.7 Å². The summed E-state index contributed by atoms with van der Waals surface area (Å²) < 4.78 is 5.26. The van der Waals surface area contributed by atoms with Gasteiger partial charge in [0.2, 0.25) is 0 Å². The van der Waals surface area contributed by atoms with E-state index < -0.39 is 5.54 Å². The molecule has 110 valence electrons. The van der Waals surface area contributed by atoms with Gasteiger partial charge in [0, 0.05) is 18.6 Å². The van der Waals surface area contributed by atoms with Gasteiger partial charge in [-0.25, -0.2) is 0 Å². The van der Waals surface area contributed by atoms with Crippen molar-refractivity contribution in [3.8, 4) is 0 Å². The SMILES string of the molecule is CCOC(=O)C(C)(CCN1CCCC1C)NC1CC1. The molecule has 0 spiro atoms. The molecule has 0 radical (unpaired) electrons. The van der Waals surface area contributed by atoms with Crippen molar-refractivity contribution in [1.82, 2.24) is 10.2 Å². The van der Waals surface area contributed by atoms with Crippen molar-refractivity contribution in [2.45, 2.75) is 70.5 Å². The van der Waals surface area contributed by atoms with Gasteiger partial charge in [-0.05, 0) is 59.4 Å². The number of hydrogen-bond donors (Lipinski definition) is 1. The quantitative estimate of drug-likeness (QED) is 0.716. The minimum atomic E-state index is -0.514. The van der Waals surface area contributed by atoms with Gasteiger partial charge in [0.05, 0.1) is 6.61 Å². The molecule has 4 nitrogen and oxygen atoms in total. The molecule has 2 fully saturated rings. The molecule has 0 bridgehead atoms. The zero-order chi connectivity index (χ0) is 13.9. The number of likely N-dealkylation sites (tertiary alicyclic amines) is 1. The number of carbonyl (C=O) groups excluding carboxylic acids is 1. The number of ether oxygens (including phenoxy) is 1. The molecular weight excluding hydrogens is 240 g/mol. The Kier molecular flexibility index (Phi) is 4.85. The molecule has 1 saturated heterocycles. The summed E-state index contributed by atoms with van der Waals surface area (Å²) in [6.07, 6.45) is 5.79. The topological polar surface area (TPSA) is 41.6 Å². The van der Waals surface area contributed by atoms with Crippen LogP contribution in [0.2, 0.25) is 0 Å². The van der Waals surface area contributed by atoms with Crippen LogP contribution in [0.15, 0.2) is 0 Å². The minimum Gasteiger partial charge on any atom is -0.465 e. The summed E-state index contributed by atoms with van der Waals surface area (Å²) in [6, 6.07) is 1.18. The molecule has 1 saturated carbocycles. The van der Waals surface area contributed by atoms with Crippen LogP contribution >= 0.6 is 0 Å². The van der Waals surface area contributed by atoms with Crippen molar-refractivity contribution < 1.29 is 9.53 Å². The summed E-state index contributed by atoms with van der Waals surface area (Å²) in [5.74, 6) is -0.0891. The fourth-order valence-corrected chi connectivity index (χ4v) is 2.89. The smallest absolute Gasteiger partial charge is 0.326 e. The van der Waals surface area contributed by atoms with Crippen LogP contribution in [-0.2, 0) is 9.53 Å². The fourth-order valence-electron chi connectivity index (χ4n) is 2.89. The van der Waals surface area contributed by atoms with Crippen molar-refractivity contribution in [1.29, 1.82) is 0 Å². The number of nitrogens with zero attached hydrogens (tertiary/aromatic N) is 1. The highest BCUT2D eigenvalue weighted by molar-refractivity contribution is 5.80. The predicted octanol–water partition coefficient (Wildman–Crippen LogP) is 1.93. The lowest BCUT2D eigenvalue weighted by molar-refractivity contribution is -0.151. The molecule has 2 atom stereocenters. The number of esters is 1. The summed E-state index contributed by atoms with van der Waals surface area (Å²) in [4.78, 5) is 14.7. The van der Waals surface area contributed by atoms with E-state index in [1.165, 1.54) is 32.2 Å². The third kappa shape index (κ3) is 3.93. The Hall–Kier alpha value is -0.610. The predicted molar refractivity (Wildman–Crippen MR) is 76.1 cm³/mol. The van der Waals surface area contributed by atoms with Gasteiger partial charge >= 0.3 is 5.97 Å². The summed E-state index contributed by atoms with van der Waals surface area (Å²) in [6.45, 7) is 8.77. The van der Waals surface area contributed by atoms with Gasteiger partial charge in [0.15, 0.2) is 0 Å². The number of nitrogens with one attached hydrogen (secondary N) is 1. The molecular formula is C15H28N2O2. The Morgan fingerprint density at radius 2 is 2.16 bits per heavy atom. The first-order valence-electron chi connectivity index (χ1n) is 7.74. The Morgan fingerprint density at radius 3 is 2.68 bits per heavy atom. The van der Waals surface area contributed by atoms with Crippen LogP contribution in [0.4, 0.5) is 0 Å². The van der Waals surface area contributed by atoms with E-state index in [1.54, 1.807) is 0 Å². The van der Waals surface area contributed by atoms with E-state index in [9.17, 15) is 4.79 Å². The monoisotopic (exact) mass is 268 g/mol. The van der Waals surface area contributed by atoms with Crippen LogP contribution in [0, 0.1) is 0 Å². The van der Waals surface area contributed by atoms with Crippen LogP contribution in [0.25, 0.3) is 0 Å². The standard InChI is InChI=1S/C15H28N2O2/c1-4-19-14(18)15(3,16-13-7-8-13)9-11-17-10-5-6-12(17)2/h12-13,16H,4-11H2,1-3H3. The van der Waals surface area contributed by atoms with Gasteiger partial charge < -0.3 is 9.64 Å². The van der Waals surface area contributed by atoms with Crippen molar-refractivity contribution >= 4 is 5.97 Å². The van der Waals surface area contributed by atoms with E-state index >= 15 is 0 Å². The van der Waals surface area contributed by atoms with Gasteiger partial charge in [0.25, 0.3) is 0 Å². The van der Waals surface area contributed by atoms with E-state index in [0.717, 1.165) is 13.0 Å². The van der Waals surface area contributed by atoms with Crippen molar-refractivity contribution in [2.24, 2.45) is 0 Å². The highest BCUT2D eigenvalue weighted by Gasteiger charge is 2.40. The Morgan fingerprint density at radius 1 is 1.42 bits per heavy atom. The first kappa shape index (κ1) is 14.8. The Labute approximate surface area is 116 Å². The Bertz CT molecular complexity index is 317. The van der Waals surface area contributed by atoms with Crippen molar-refractivity contribution in [2.75, 3.05) is 19.7 Å². The lowest BCUT2D eigenvalue weighted by Gasteiger charge is -2.31. The van der Waals surface area contributed by atoms with Gasteiger partial charge in [0.1, 0.15) is 5.54 Å². The maximum Gasteiger partial charge on any atom is 0.326 e. The van der Waals surface area contributed by atoms with Crippen LogP contribution in [-0.4, -0.2) is 48.2 Å². The lowest BCUT2D eigenvalue weighted by Crippen LogP contribution is -2.53. The van der Waals surface area contributed by atoms with E-state index in [-0.39, 0.29) is 5.97 Å². The second-order valence-electron chi connectivity index (χ2n) is 6.25. The van der Waals surface area contributed by atoms with E-state index in [1.807, 2.05) is 13.8 Å². The van der Waals surface area contributed by atoms with Gasteiger partial charge in [-0.2, -0.15) is 0 Å². The van der Waals surface area contributed by atoms with Crippen molar-refractivity contribution in [3.05, 3.63) is 0 Å². The molecule has 1 aliphatic heterocycles. The summed E-state index contributed by atoms with van der Waals surface area (Å²) in [7, 11) is 0. The van der Waals surface area contributed by atoms with Gasteiger partial charge in [-0.15, -0.1) is 0 Å². The molecule has 2 rings (SSSR count). The van der Waals surface area contributed by atoms with Gasteiger partial charge in [-0.3, -0.25) is 10.1 Å².